The zero-order valence-electron chi connectivity index (χ0n) is 37.2. The Hall–Kier alpha value is -5.72. The summed E-state index contributed by atoms with van der Waals surface area (Å²) in [5.41, 5.74) is 47.3. The van der Waals surface area contributed by atoms with E-state index in [1.54, 1.807) is 6.20 Å². The first-order valence-electron chi connectivity index (χ1n) is 20.1. The van der Waals surface area contributed by atoms with Gasteiger partial charge in [-0.25, -0.2) is 14.6 Å². The minimum absolute atomic E-state index is 0.0448. The van der Waals surface area contributed by atoms with Crippen LogP contribution in [0, 0.1) is 5.92 Å². The summed E-state index contributed by atoms with van der Waals surface area (Å²) in [6.45, 7) is 7.81. The van der Waals surface area contributed by atoms with Crippen molar-refractivity contribution < 1.29 is 78.2 Å². The molecule has 1 fully saturated rings. The normalized spacial score (nSPS) is 15.6. The van der Waals surface area contributed by atoms with Gasteiger partial charge in [0.05, 0.1) is 18.6 Å². The summed E-state index contributed by atoms with van der Waals surface area (Å²) in [6, 6.07) is -5.79. The molecule has 65 heavy (non-hydrogen) atoms. The van der Waals surface area contributed by atoms with Crippen LogP contribution in [0.2, 0.25) is 0 Å². The monoisotopic (exact) mass is 941 g/mol. The molecule has 1 amide bonds. The van der Waals surface area contributed by atoms with Crippen molar-refractivity contribution in [2.45, 2.75) is 134 Å². The maximum absolute atomic E-state index is 11.6. The summed E-state index contributed by atoms with van der Waals surface area (Å²) in [7, 11) is 0. The molecule has 28 heteroatoms. The molecule has 0 bridgehead atoms. The molecule has 1 aromatic rings. The second-order valence-corrected chi connectivity index (χ2v) is 14.4. The Labute approximate surface area is 376 Å². The number of carboxylic acids is 5. The molecular formula is C37H72N12O16. The number of imidazole rings is 1. The summed E-state index contributed by atoms with van der Waals surface area (Å²) in [6.07, 6.45) is 6.72. The van der Waals surface area contributed by atoms with Crippen LogP contribution >= 0.6 is 0 Å². The number of carbonyl (C=O) groups is 9. The van der Waals surface area contributed by atoms with Crippen LogP contribution in [0.15, 0.2) is 12.5 Å². The molecule has 0 saturated carbocycles. The molecule has 28 nitrogen and oxygen atoms in total. The number of nitrogens with two attached hydrogens (primary N) is 9. The van der Waals surface area contributed by atoms with Crippen molar-refractivity contribution in [2.24, 2.45) is 57.5 Å². The molecule has 1 aliphatic heterocycles. The summed E-state index contributed by atoms with van der Waals surface area (Å²) in [4.78, 5) is 101. The highest BCUT2D eigenvalue weighted by molar-refractivity contribution is 5.90. The van der Waals surface area contributed by atoms with Crippen LogP contribution in [0.3, 0.4) is 0 Å². The average Bonchev–Trinajstić information content (AvgIpc) is 3.96. The van der Waals surface area contributed by atoms with Gasteiger partial charge in [-0.2, -0.15) is 0 Å². The smallest absolute Gasteiger partial charge is 0.330 e. The van der Waals surface area contributed by atoms with Crippen LogP contribution in [-0.2, 0) is 59.0 Å². The summed E-state index contributed by atoms with van der Waals surface area (Å²) in [5, 5.41) is 43.6. The van der Waals surface area contributed by atoms with E-state index in [1.165, 1.54) is 20.2 Å². The van der Waals surface area contributed by atoms with E-state index in [2.05, 4.69) is 25.8 Å². The van der Waals surface area contributed by atoms with Gasteiger partial charge in [-0.15, -0.1) is 0 Å². The van der Waals surface area contributed by atoms with Gasteiger partial charge in [-0.05, 0) is 71.4 Å². The van der Waals surface area contributed by atoms with Crippen LogP contribution in [0.25, 0.3) is 0 Å². The molecule has 1 aromatic heterocycles. The maximum Gasteiger partial charge on any atom is 0.330 e. The predicted molar refractivity (Wildman–Crippen MR) is 232 cm³/mol. The number of hydrogen-bond donors (Lipinski definition) is 16. The number of unbranched alkanes of at least 4 members (excludes halogenated alkanes) is 1. The largest absolute Gasteiger partial charge is 0.480 e. The van der Waals surface area contributed by atoms with Gasteiger partial charge in [0, 0.05) is 19.0 Å². The van der Waals surface area contributed by atoms with Gasteiger partial charge in [0.15, 0.2) is 0 Å². The van der Waals surface area contributed by atoms with Crippen LogP contribution < -0.4 is 56.9 Å². The number of aromatic amines is 1. The van der Waals surface area contributed by atoms with E-state index in [4.69, 9.17) is 76.1 Å². The van der Waals surface area contributed by atoms with Crippen molar-refractivity contribution in [3.63, 3.8) is 0 Å². The Morgan fingerprint density at radius 2 is 1.29 bits per heavy atom. The topological polar surface area (TPSA) is 548 Å². The number of carbonyl (C=O) groups excluding carboxylic acids is 4. The zero-order valence-corrected chi connectivity index (χ0v) is 37.2. The number of primary amides is 1. The standard InChI is InChI=1S/C12H20N4O3.C9H17N3O5.C6H14N2O2.C5H9NO2.C3H7NO2.C2H5NO2/c1-7(2)3-9(13)11(17)19-12(18)10(14)4-8-5-15-6-16-8;1-4(7(12)8(14)15)17-9(16)5(10)2-3-6(11)13;7-4-2-1-3-5(8)6(9)10;7-5(8)4-2-1-3-6-4;1-2(4)3(5)6;3-1-2(4)5/h5-7,9-10H,3-4,13-14H2,1-2H3,(H,15,16);4-5,7H,2-3,10,12H2,1H3,(H2,11,13)(H,14,15);5H,1-4,7-8H2,(H,9,10);4,6H,1-3H2,(H,7,8);2H,4H2,1H3,(H,5,6);1,3H2,(H,4,5)/t9-,10-;4-,5+,7+;5-;4-;2-;/m01000./s1. The third-order valence-corrected chi connectivity index (χ3v) is 7.82. The molecule has 0 aliphatic carbocycles. The summed E-state index contributed by atoms with van der Waals surface area (Å²) < 4.78 is 9.40. The fourth-order valence-corrected chi connectivity index (χ4v) is 4.05. The van der Waals surface area contributed by atoms with Crippen molar-refractivity contribution in [1.82, 2.24) is 15.3 Å². The summed E-state index contributed by atoms with van der Waals surface area (Å²) in [5.74, 6) is -7.53. The Balaban J connectivity index is -0.000000367. The van der Waals surface area contributed by atoms with Crippen molar-refractivity contribution in [2.75, 3.05) is 19.6 Å². The highest BCUT2D eigenvalue weighted by atomic mass is 16.6. The lowest BCUT2D eigenvalue weighted by Crippen LogP contribution is -2.45. The lowest BCUT2D eigenvalue weighted by Gasteiger charge is -2.19. The quantitative estimate of drug-likeness (QED) is 0.0313. The minimum atomic E-state index is -1.32. The second kappa shape index (κ2) is 38.7. The Bertz CT molecular complexity index is 1550. The van der Waals surface area contributed by atoms with E-state index in [-0.39, 0.29) is 37.8 Å². The van der Waals surface area contributed by atoms with E-state index in [1.807, 2.05) is 13.8 Å². The third kappa shape index (κ3) is 39.6. The minimum Gasteiger partial charge on any atom is -0.480 e. The number of esters is 3. The number of ether oxygens (including phenoxy) is 2. The van der Waals surface area contributed by atoms with E-state index in [9.17, 15) is 43.2 Å². The molecule has 25 N–H and O–H groups in total. The van der Waals surface area contributed by atoms with E-state index >= 15 is 0 Å². The lowest BCUT2D eigenvalue weighted by molar-refractivity contribution is -0.162. The number of rotatable bonds is 21. The van der Waals surface area contributed by atoms with E-state index < -0.39 is 96.0 Å². The van der Waals surface area contributed by atoms with Crippen molar-refractivity contribution >= 4 is 53.7 Å². The molecule has 8 atom stereocenters. The predicted octanol–water partition coefficient (Wildman–Crippen LogP) is -4.56. The highest BCUT2D eigenvalue weighted by Crippen LogP contribution is 2.06. The number of aliphatic carboxylic acids is 5. The fourth-order valence-electron chi connectivity index (χ4n) is 4.05. The van der Waals surface area contributed by atoms with Crippen LogP contribution in [-0.4, -0.2) is 157 Å². The highest BCUT2D eigenvalue weighted by Gasteiger charge is 2.27. The first-order chi connectivity index (χ1) is 30.0. The molecule has 376 valence electrons. The molecule has 0 radical (unpaired) electrons. The summed E-state index contributed by atoms with van der Waals surface area (Å²) >= 11 is 0. The van der Waals surface area contributed by atoms with Crippen molar-refractivity contribution in [1.29, 1.82) is 0 Å². The molecule has 1 aliphatic rings. The Morgan fingerprint density at radius 3 is 1.65 bits per heavy atom. The van der Waals surface area contributed by atoms with Gasteiger partial charge in [0.2, 0.25) is 5.91 Å². The number of nitrogens with zero attached hydrogens (tertiary/aromatic N) is 1. The Kier molecular flexibility index (Phi) is 39.2. The molecule has 1 saturated heterocycles. The number of H-pyrrole nitrogens is 1. The first-order valence-corrected chi connectivity index (χ1v) is 20.1. The van der Waals surface area contributed by atoms with Crippen LogP contribution in [0.4, 0.5) is 0 Å². The average molecular weight is 941 g/mol. The number of nitrogens with one attached hydrogen (secondary N) is 2. The number of aromatic nitrogens is 2. The number of carboxylic acid groups (broad SMARTS) is 5. The molecule has 0 spiro atoms. The number of amides is 1. The molecule has 0 aromatic carbocycles. The van der Waals surface area contributed by atoms with Gasteiger partial charge in [0.1, 0.15) is 48.4 Å². The van der Waals surface area contributed by atoms with Crippen molar-refractivity contribution in [3.05, 3.63) is 18.2 Å². The van der Waals surface area contributed by atoms with E-state index in [0.717, 1.165) is 32.2 Å². The maximum atomic E-state index is 11.6. The molecule has 2 rings (SSSR count). The Morgan fingerprint density at radius 1 is 0.754 bits per heavy atom. The molecular weight excluding hydrogens is 868 g/mol. The fraction of sp³-hybridized carbons (Fsp3) is 0.676. The van der Waals surface area contributed by atoms with E-state index in [0.29, 0.717) is 25.1 Å². The molecule has 0 unspecified atom stereocenters. The van der Waals surface area contributed by atoms with Gasteiger partial charge in [-0.3, -0.25) is 33.6 Å². The van der Waals surface area contributed by atoms with Gasteiger partial charge in [-0.1, -0.05) is 20.3 Å². The second-order valence-electron chi connectivity index (χ2n) is 14.4. The molecule has 2 heterocycles. The SMILES string of the molecule is CC(C)C[C@H](N)C(=O)OC(=O)[C@@H](N)Cc1c[nH]cn1.C[C@@H](OC(=O)[C@@H](N)CCC(N)=O)[C@H](N)C(=O)O.C[C@H](N)C(=O)O.NCC(=O)O.NCCCC[C@H](N)C(=O)O.O=C(O)[C@@H]1CCCN1. The number of hydrogen-bond acceptors (Lipinski definition) is 21. The van der Waals surface area contributed by atoms with Crippen molar-refractivity contribution in [3.8, 4) is 0 Å². The van der Waals surface area contributed by atoms with Gasteiger partial charge < -0.3 is 96.9 Å². The van der Waals surface area contributed by atoms with Gasteiger partial charge >= 0.3 is 47.8 Å². The van der Waals surface area contributed by atoms with Crippen LogP contribution in [0.1, 0.15) is 84.8 Å². The lowest BCUT2D eigenvalue weighted by atomic mass is 10.0. The first kappa shape index (κ1) is 65.9. The van der Waals surface area contributed by atoms with Gasteiger partial charge in [0.25, 0.3) is 0 Å². The third-order valence-electron chi connectivity index (χ3n) is 7.82. The van der Waals surface area contributed by atoms with Crippen LogP contribution in [0.5, 0.6) is 0 Å². The zero-order chi connectivity index (χ0) is 51.4.